The number of hydrogen-bond donors (Lipinski definition) is 1. The number of carbonyl (C=O) groups excluding carboxylic acids is 4. The summed E-state index contributed by atoms with van der Waals surface area (Å²) in [4.78, 5) is 59.9. The summed E-state index contributed by atoms with van der Waals surface area (Å²) >= 11 is 0. The molecule has 0 radical (unpaired) electrons. The van der Waals surface area contributed by atoms with Gasteiger partial charge in [0.2, 0.25) is 5.76 Å². The predicted molar refractivity (Wildman–Crippen MR) is 117 cm³/mol. The van der Waals surface area contributed by atoms with Crippen molar-refractivity contribution < 1.29 is 42.7 Å². The SMILES string of the molecule is COC(=O)c1ccc(CN2C(=O)N/C(=C\c3cc([N+](=O)[O-])ccc3OCC(=O)OC(C)C)C2=O)o1. The number of urea groups is 1. The summed E-state index contributed by atoms with van der Waals surface area (Å²) in [5.41, 5.74) is -0.411. The third kappa shape index (κ3) is 6.01. The highest BCUT2D eigenvalue weighted by molar-refractivity contribution is 6.14. The van der Waals surface area contributed by atoms with Crippen molar-refractivity contribution in [2.75, 3.05) is 13.7 Å². The van der Waals surface area contributed by atoms with Crippen LogP contribution in [0.2, 0.25) is 0 Å². The number of nitro groups is 1. The summed E-state index contributed by atoms with van der Waals surface area (Å²) in [5, 5.41) is 13.6. The average Bonchev–Trinajstić information content (AvgIpc) is 3.37. The number of carbonyl (C=O) groups is 4. The first kappa shape index (κ1) is 25.0. The molecule has 1 N–H and O–H groups in total. The van der Waals surface area contributed by atoms with Gasteiger partial charge in [0.05, 0.1) is 24.7 Å². The number of non-ortho nitro benzene ring substituents is 1. The number of amides is 3. The van der Waals surface area contributed by atoms with E-state index in [0.29, 0.717) is 0 Å². The molecule has 0 atom stereocenters. The predicted octanol–water partition coefficient (Wildman–Crippen LogP) is 2.40. The number of nitro benzene ring substituents is 1. The summed E-state index contributed by atoms with van der Waals surface area (Å²) in [7, 11) is 1.18. The minimum atomic E-state index is -0.773. The van der Waals surface area contributed by atoms with Crippen LogP contribution >= 0.6 is 0 Å². The quantitative estimate of drug-likeness (QED) is 0.182. The highest BCUT2D eigenvalue weighted by Gasteiger charge is 2.34. The highest BCUT2D eigenvalue weighted by Crippen LogP contribution is 2.28. The van der Waals surface area contributed by atoms with Crippen molar-refractivity contribution in [2.24, 2.45) is 0 Å². The van der Waals surface area contributed by atoms with E-state index >= 15 is 0 Å². The molecule has 13 nitrogen and oxygen atoms in total. The second-order valence-corrected chi connectivity index (χ2v) is 7.44. The fourth-order valence-corrected chi connectivity index (χ4v) is 3.03. The Balaban J connectivity index is 1.83. The molecule has 0 bridgehead atoms. The molecule has 1 aromatic heterocycles. The van der Waals surface area contributed by atoms with Crippen LogP contribution in [0, 0.1) is 10.1 Å². The zero-order valence-electron chi connectivity index (χ0n) is 18.9. The summed E-state index contributed by atoms with van der Waals surface area (Å²) in [6.45, 7) is 2.58. The number of rotatable bonds is 9. The van der Waals surface area contributed by atoms with Crippen LogP contribution < -0.4 is 10.1 Å². The standard InChI is InChI=1S/C22H21N3O10/c1-12(2)34-19(26)11-33-17-6-4-14(25(30)31)8-13(17)9-16-20(27)24(22(29)23-16)10-15-5-7-18(35-15)21(28)32-3/h4-9,12H,10-11H2,1-3H3,(H,23,29)/b16-9-. The number of esters is 2. The number of nitrogens with zero attached hydrogens (tertiary/aromatic N) is 2. The Morgan fingerprint density at radius 2 is 1.97 bits per heavy atom. The molecule has 0 unspecified atom stereocenters. The number of methoxy groups -OCH3 is 1. The van der Waals surface area contributed by atoms with Crippen LogP contribution in [0.3, 0.4) is 0 Å². The first-order chi connectivity index (χ1) is 16.6. The monoisotopic (exact) mass is 487 g/mol. The molecular weight excluding hydrogens is 466 g/mol. The van der Waals surface area contributed by atoms with E-state index in [1.165, 1.54) is 37.5 Å². The third-order valence-corrected chi connectivity index (χ3v) is 4.54. The van der Waals surface area contributed by atoms with Gasteiger partial charge in [0, 0.05) is 17.7 Å². The van der Waals surface area contributed by atoms with Gasteiger partial charge in [0.25, 0.3) is 11.6 Å². The maximum Gasteiger partial charge on any atom is 0.373 e. The van der Waals surface area contributed by atoms with Crippen molar-refractivity contribution >= 4 is 35.6 Å². The highest BCUT2D eigenvalue weighted by atomic mass is 16.6. The topological polar surface area (TPSA) is 168 Å². The Morgan fingerprint density at radius 3 is 2.63 bits per heavy atom. The fourth-order valence-electron chi connectivity index (χ4n) is 3.03. The van der Waals surface area contributed by atoms with E-state index in [1.54, 1.807) is 13.8 Å². The molecule has 1 fully saturated rings. The Labute approximate surface area is 198 Å². The Kier molecular flexibility index (Phi) is 7.49. The normalized spacial score (nSPS) is 14.3. The smallest absolute Gasteiger partial charge is 0.373 e. The molecule has 13 heteroatoms. The number of hydrogen-bond acceptors (Lipinski definition) is 10. The van der Waals surface area contributed by atoms with Gasteiger partial charge in [-0.2, -0.15) is 0 Å². The molecule has 0 aliphatic carbocycles. The summed E-state index contributed by atoms with van der Waals surface area (Å²) < 4.78 is 20.2. The van der Waals surface area contributed by atoms with E-state index in [1.807, 2.05) is 0 Å². The second-order valence-electron chi connectivity index (χ2n) is 7.44. The van der Waals surface area contributed by atoms with E-state index < -0.39 is 35.4 Å². The van der Waals surface area contributed by atoms with E-state index in [-0.39, 0.29) is 46.9 Å². The lowest BCUT2D eigenvalue weighted by Crippen LogP contribution is -2.30. The van der Waals surface area contributed by atoms with Crippen molar-refractivity contribution in [3.8, 4) is 5.75 Å². The lowest BCUT2D eigenvalue weighted by Gasteiger charge is -2.11. The summed E-state index contributed by atoms with van der Waals surface area (Å²) in [6, 6.07) is 5.55. The van der Waals surface area contributed by atoms with Gasteiger partial charge in [-0.05, 0) is 38.1 Å². The maximum absolute atomic E-state index is 12.8. The molecule has 35 heavy (non-hydrogen) atoms. The minimum Gasteiger partial charge on any atom is -0.481 e. The second kappa shape index (κ2) is 10.5. The molecule has 2 heterocycles. The van der Waals surface area contributed by atoms with Crippen LogP contribution in [-0.4, -0.2) is 53.5 Å². The number of benzene rings is 1. The Hall–Kier alpha value is -4.68. The van der Waals surface area contributed by atoms with Crippen molar-refractivity contribution in [1.82, 2.24) is 10.2 Å². The van der Waals surface area contributed by atoms with Gasteiger partial charge in [-0.3, -0.25) is 19.8 Å². The van der Waals surface area contributed by atoms with Crippen LogP contribution in [0.4, 0.5) is 10.5 Å². The van der Waals surface area contributed by atoms with Gasteiger partial charge < -0.3 is 23.9 Å². The first-order valence-corrected chi connectivity index (χ1v) is 10.2. The van der Waals surface area contributed by atoms with Crippen molar-refractivity contribution in [2.45, 2.75) is 26.5 Å². The van der Waals surface area contributed by atoms with Crippen LogP contribution in [0.5, 0.6) is 5.75 Å². The fraction of sp³-hybridized carbons (Fsp3) is 0.273. The number of furan rings is 1. The zero-order valence-corrected chi connectivity index (χ0v) is 18.9. The third-order valence-electron chi connectivity index (χ3n) is 4.54. The van der Waals surface area contributed by atoms with Crippen molar-refractivity contribution in [3.05, 3.63) is 63.2 Å². The Bertz CT molecular complexity index is 1210. The number of imide groups is 1. The molecule has 1 saturated heterocycles. The molecule has 1 aliphatic rings. The number of ether oxygens (including phenoxy) is 3. The lowest BCUT2D eigenvalue weighted by molar-refractivity contribution is -0.384. The van der Waals surface area contributed by atoms with Gasteiger partial charge >= 0.3 is 18.0 Å². The van der Waals surface area contributed by atoms with E-state index in [0.717, 1.165) is 11.0 Å². The summed E-state index contributed by atoms with van der Waals surface area (Å²) in [5.74, 6) is -2.01. The largest absolute Gasteiger partial charge is 0.481 e. The van der Waals surface area contributed by atoms with Crippen LogP contribution in [0.15, 0.2) is 40.4 Å². The van der Waals surface area contributed by atoms with E-state index in [9.17, 15) is 29.3 Å². The van der Waals surface area contributed by atoms with Crippen LogP contribution in [0.1, 0.15) is 35.7 Å². The number of nitrogens with one attached hydrogen (secondary N) is 1. The van der Waals surface area contributed by atoms with Gasteiger partial charge in [0.15, 0.2) is 6.61 Å². The van der Waals surface area contributed by atoms with E-state index in [4.69, 9.17) is 13.9 Å². The summed E-state index contributed by atoms with van der Waals surface area (Å²) in [6.07, 6.45) is 0.831. The van der Waals surface area contributed by atoms with Crippen molar-refractivity contribution in [3.63, 3.8) is 0 Å². The lowest BCUT2D eigenvalue weighted by atomic mass is 10.1. The molecule has 0 saturated carbocycles. The Morgan fingerprint density at radius 1 is 1.23 bits per heavy atom. The molecule has 2 aromatic rings. The first-order valence-electron chi connectivity index (χ1n) is 10.2. The van der Waals surface area contributed by atoms with Gasteiger partial charge in [-0.25, -0.2) is 14.4 Å². The van der Waals surface area contributed by atoms with Crippen molar-refractivity contribution in [1.29, 1.82) is 0 Å². The molecule has 1 aliphatic heterocycles. The maximum atomic E-state index is 12.8. The average molecular weight is 487 g/mol. The molecule has 3 amide bonds. The molecular formula is C22H21N3O10. The molecule has 0 spiro atoms. The van der Waals surface area contributed by atoms with Gasteiger partial charge in [0.1, 0.15) is 17.2 Å². The molecule has 3 rings (SSSR count). The molecule has 184 valence electrons. The van der Waals surface area contributed by atoms with Gasteiger partial charge in [-0.15, -0.1) is 0 Å². The van der Waals surface area contributed by atoms with Crippen LogP contribution in [0.25, 0.3) is 6.08 Å². The van der Waals surface area contributed by atoms with E-state index in [2.05, 4.69) is 10.1 Å². The van der Waals surface area contributed by atoms with Gasteiger partial charge in [-0.1, -0.05) is 0 Å². The minimum absolute atomic E-state index is 0.0538. The van der Waals surface area contributed by atoms with Crippen LogP contribution in [-0.2, 0) is 25.6 Å². The zero-order chi connectivity index (χ0) is 25.7. The molecule has 1 aromatic carbocycles.